The van der Waals surface area contributed by atoms with Gasteiger partial charge in [-0.3, -0.25) is 4.90 Å². The van der Waals surface area contributed by atoms with Gasteiger partial charge in [0.1, 0.15) is 5.82 Å². The lowest BCUT2D eigenvalue weighted by atomic mass is 9.77. The van der Waals surface area contributed by atoms with Crippen molar-refractivity contribution in [2.24, 2.45) is 0 Å². The summed E-state index contributed by atoms with van der Waals surface area (Å²) in [4.78, 5) is 11.3. The van der Waals surface area contributed by atoms with Crippen molar-refractivity contribution in [2.45, 2.75) is 64.1 Å². The Bertz CT molecular complexity index is 978. The molecule has 5 rings (SSSR count). The van der Waals surface area contributed by atoms with Crippen LogP contribution >= 0.6 is 0 Å². The molecule has 3 fully saturated rings. The molecule has 10 heteroatoms. The Kier molecular flexibility index (Phi) is 6.38. The molecule has 0 aromatic carbocycles. The highest BCUT2D eigenvalue weighted by Crippen LogP contribution is 2.39. The Morgan fingerprint density at radius 3 is 2.40 bits per heavy atom. The molecule has 0 spiro atoms. The lowest BCUT2D eigenvalue weighted by molar-refractivity contribution is -0.0691. The summed E-state index contributed by atoms with van der Waals surface area (Å²) < 4.78 is 17.8. The average molecular weight is 483 g/mol. The second-order valence-electron chi connectivity index (χ2n) is 11.1. The number of hydrogen-bond acceptors (Lipinski definition) is 9. The minimum atomic E-state index is -0.814. The van der Waals surface area contributed by atoms with Crippen molar-refractivity contribution in [3.63, 3.8) is 0 Å². The van der Waals surface area contributed by atoms with Crippen LogP contribution in [0.15, 0.2) is 41.8 Å². The maximum Gasteiger partial charge on any atom is 0.496 e. The monoisotopic (exact) mass is 483 g/mol. The fourth-order valence-corrected chi connectivity index (χ4v) is 4.94. The van der Waals surface area contributed by atoms with Crippen LogP contribution in [0, 0.1) is 0 Å². The van der Waals surface area contributed by atoms with E-state index < -0.39 is 24.5 Å². The van der Waals surface area contributed by atoms with Gasteiger partial charge in [-0.15, -0.1) is 0 Å². The Hall–Kier alpha value is -2.11. The first-order valence-corrected chi connectivity index (χ1v) is 12.5. The van der Waals surface area contributed by atoms with Gasteiger partial charge in [0.15, 0.2) is 6.23 Å². The van der Waals surface area contributed by atoms with Gasteiger partial charge >= 0.3 is 7.12 Å². The number of pyridine rings is 1. The molecule has 2 N–H and O–H groups in total. The molecule has 0 bridgehead atoms. The highest BCUT2D eigenvalue weighted by atomic mass is 16.7. The van der Waals surface area contributed by atoms with E-state index in [9.17, 15) is 5.11 Å². The predicted molar refractivity (Wildman–Crippen MR) is 137 cm³/mol. The van der Waals surface area contributed by atoms with Crippen molar-refractivity contribution in [1.29, 1.82) is 0 Å². The minimum Gasteiger partial charge on any atom is -0.399 e. The van der Waals surface area contributed by atoms with Crippen molar-refractivity contribution in [3.8, 4) is 0 Å². The first-order chi connectivity index (χ1) is 16.5. The quantitative estimate of drug-likeness (QED) is 0.612. The van der Waals surface area contributed by atoms with E-state index in [1.165, 1.54) is 0 Å². The summed E-state index contributed by atoms with van der Waals surface area (Å²) in [5.41, 5.74) is 1.73. The number of nitrogens with one attached hydrogen (secondary N) is 1. The van der Waals surface area contributed by atoms with E-state index in [0.717, 1.165) is 44.0 Å². The first kappa shape index (κ1) is 24.6. The standard InChI is InChI=1S/C25H38BN5O4/c1-17-13-30(20-15-33-16-20)9-10-31(17)19-7-8-22(27-12-19)28-21-11-18(14-29(6)23(21)32)26-34-24(2,3)25(4,5)35-26/h7-8,11-12,14,17,20,23,32H,9-10,13,15-16H2,1-6H3,(H,27,28)/t17-,23?/m0/s1. The molecule has 1 aromatic rings. The normalized spacial score (nSPS) is 29.1. The van der Waals surface area contributed by atoms with Crippen LogP contribution in [0.4, 0.5) is 11.5 Å². The fraction of sp³-hybridized carbons (Fsp3) is 0.640. The highest BCUT2D eigenvalue weighted by molar-refractivity contribution is 6.55. The highest BCUT2D eigenvalue weighted by Gasteiger charge is 2.52. The number of piperazine rings is 1. The molecule has 0 radical (unpaired) electrons. The number of aliphatic hydroxyl groups is 1. The molecule has 0 amide bonds. The molecule has 190 valence electrons. The van der Waals surface area contributed by atoms with E-state index in [1.54, 1.807) is 4.90 Å². The van der Waals surface area contributed by atoms with Crippen LogP contribution in [0.1, 0.15) is 34.6 Å². The molecular weight excluding hydrogens is 445 g/mol. The van der Waals surface area contributed by atoms with Crippen molar-refractivity contribution in [1.82, 2.24) is 14.8 Å². The lowest BCUT2D eigenvalue weighted by Crippen LogP contribution is -2.59. The van der Waals surface area contributed by atoms with Crippen LogP contribution in [0.3, 0.4) is 0 Å². The van der Waals surface area contributed by atoms with Crippen molar-refractivity contribution in [2.75, 3.05) is 50.1 Å². The Morgan fingerprint density at radius 1 is 1.11 bits per heavy atom. The number of anilines is 2. The molecule has 1 aromatic heterocycles. The number of rotatable bonds is 5. The van der Waals surface area contributed by atoms with E-state index in [4.69, 9.17) is 14.0 Å². The Morgan fingerprint density at radius 2 is 1.83 bits per heavy atom. The average Bonchev–Trinajstić information content (AvgIpc) is 2.98. The molecular formula is C25H38BN5O4. The molecule has 4 aliphatic rings. The van der Waals surface area contributed by atoms with Crippen LogP contribution in [0.25, 0.3) is 0 Å². The number of ether oxygens (including phenoxy) is 1. The van der Waals surface area contributed by atoms with E-state index in [1.807, 2.05) is 59.3 Å². The number of likely N-dealkylation sites (N-methyl/N-ethyl adjacent to an activating group) is 1. The zero-order valence-corrected chi connectivity index (χ0v) is 21.7. The van der Waals surface area contributed by atoms with E-state index in [0.29, 0.717) is 23.6 Å². The summed E-state index contributed by atoms with van der Waals surface area (Å²) in [6.07, 6.45) is 4.86. The molecule has 4 aliphatic heterocycles. The fourth-order valence-electron chi connectivity index (χ4n) is 4.94. The van der Waals surface area contributed by atoms with Crippen LogP contribution in [0.5, 0.6) is 0 Å². The number of hydrogen-bond donors (Lipinski definition) is 2. The van der Waals surface area contributed by atoms with Crippen molar-refractivity contribution >= 4 is 18.6 Å². The summed E-state index contributed by atoms with van der Waals surface area (Å²) in [7, 11) is 1.33. The van der Waals surface area contributed by atoms with Crippen molar-refractivity contribution < 1.29 is 19.2 Å². The third-order valence-corrected chi connectivity index (χ3v) is 8.01. The van der Waals surface area contributed by atoms with Crippen LogP contribution in [0.2, 0.25) is 0 Å². The Labute approximate surface area is 208 Å². The van der Waals surface area contributed by atoms with Gasteiger partial charge in [-0.05, 0) is 52.8 Å². The van der Waals surface area contributed by atoms with Gasteiger partial charge in [0.25, 0.3) is 0 Å². The van der Waals surface area contributed by atoms with Gasteiger partial charge in [-0.1, -0.05) is 0 Å². The third kappa shape index (κ3) is 4.70. The zero-order chi connectivity index (χ0) is 25.0. The van der Waals surface area contributed by atoms with Gasteiger partial charge in [0, 0.05) is 44.4 Å². The first-order valence-electron chi connectivity index (χ1n) is 12.5. The predicted octanol–water partition coefficient (Wildman–Crippen LogP) is 2.07. The van der Waals surface area contributed by atoms with Gasteiger partial charge in [-0.2, -0.15) is 0 Å². The number of aliphatic hydroxyl groups excluding tert-OH is 1. The van der Waals surface area contributed by atoms with Crippen LogP contribution in [-0.4, -0.2) is 96.4 Å². The SMILES string of the molecule is C[C@H]1CN(C2COC2)CCN1c1ccc(NC2=CC(B3OC(C)(C)C(C)(C)O3)=CN(C)C2O)nc1. The summed E-state index contributed by atoms with van der Waals surface area (Å²) in [5, 5.41) is 14.1. The molecule has 0 aliphatic carbocycles. The van der Waals surface area contributed by atoms with Crippen LogP contribution < -0.4 is 10.2 Å². The lowest BCUT2D eigenvalue weighted by Gasteiger charge is -2.46. The largest absolute Gasteiger partial charge is 0.496 e. The van der Waals surface area contributed by atoms with E-state index in [2.05, 4.69) is 33.1 Å². The molecule has 2 atom stereocenters. The van der Waals surface area contributed by atoms with Crippen LogP contribution in [-0.2, 0) is 14.0 Å². The third-order valence-electron chi connectivity index (χ3n) is 8.01. The van der Waals surface area contributed by atoms with Gasteiger partial charge < -0.3 is 34.3 Å². The Balaban J connectivity index is 1.26. The van der Waals surface area contributed by atoms with Gasteiger partial charge in [-0.25, -0.2) is 4.98 Å². The topological polar surface area (TPSA) is 82.6 Å². The van der Waals surface area contributed by atoms with E-state index in [-0.39, 0.29) is 0 Å². The van der Waals surface area contributed by atoms with Gasteiger partial charge in [0.2, 0.25) is 0 Å². The maximum absolute atomic E-state index is 10.8. The second kappa shape index (κ2) is 9.08. The molecule has 1 unspecified atom stereocenters. The number of nitrogens with zero attached hydrogens (tertiary/aromatic N) is 4. The minimum absolute atomic E-state index is 0.411. The molecule has 3 saturated heterocycles. The summed E-state index contributed by atoms with van der Waals surface area (Å²) in [5.74, 6) is 0.681. The smallest absolute Gasteiger partial charge is 0.399 e. The summed E-state index contributed by atoms with van der Waals surface area (Å²) in [6, 6.07) is 5.05. The molecule has 5 heterocycles. The molecule has 35 heavy (non-hydrogen) atoms. The number of aromatic nitrogens is 1. The summed E-state index contributed by atoms with van der Waals surface area (Å²) >= 11 is 0. The maximum atomic E-state index is 10.8. The second-order valence-corrected chi connectivity index (χ2v) is 11.1. The zero-order valence-electron chi connectivity index (χ0n) is 21.7. The van der Waals surface area contributed by atoms with Crippen molar-refractivity contribution in [3.05, 3.63) is 41.8 Å². The number of allylic oxidation sites excluding steroid dienone is 2. The molecule has 9 nitrogen and oxygen atoms in total. The summed E-state index contributed by atoms with van der Waals surface area (Å²) in [6.45, 7) is 15.2. The van der Waals surface area contributed by atoms with Gasteiger partial charge in [0.05, 0.1) is 48.0 Å². The van der Waals surface area contributed by atoms with E-state index >= 15 is 0 Å². The molecule has 0 saturated carbocycles.